The zero-order chi connectivity index (χ0) is 25.2. The van der Waals surface area contributed by atoms with Gasteiger partial charge in [-0.05, 0) is 69.0 Å². The second-order valence-electron chi connectivity index (χ2n) is 10.6. The summed E-state index contributed by atoms with van der Waals surface area (Å²) in [6, 6.07) is 19.1. The van der Waals surface area contributed by atoms with E-state index in [2.05, 4.69) is 19.9 Å². The molecule has 0 saturated carbocycles. The second-order valence-corrected chi connectivity index (χ2v) is 10.6. The van der Waals surface area contributed by atoms with Crippen LogP contribution in [0.2, 0.25) is 0 Å². The molecule has 2 bridgehead atoms. The third kappa shape index (κ3) is 3.12. The molecule has 3 aromatic rings. The Labute approximate surface area is 210 Å². The predicted molar refractivity (Wildman–Crippen MR) is 136 cm³/mol. The quantitative estimate of drug-likeness (QED) is 0.468. The minimum absolute atomic E-state index is 0.209. The van der Waals surface area contributed by atoms with E-state index in [-0.39, 0.29) is 11.8 Å². The van der Waals surface area contributed by atoms with Gasteiger partial charge in [-0.15, -0.1) is 0 Å². The second kappa shape index (κ2) is 7.91. The molecule has 6 heteroatoms. The van der Waals surface area contributed by atoms with E-state index in [4.69, 9.17) is 9.47 Å². The lowest BCUT2D eigenvalue weighted by Gasteiger charge is -2.31. The van der Waals surface area contributed by atoms with Crippen molar-refractivity contribution in [2.45, 2.75) is 51.2 Å². The number of imide groups is 1. The van der Waals surface area contributed by atoms with Gasteiger partial charge in [-0.1, -0.05) is 30.3 Å². The monoisotopic (exact) mass is 480 g/mol. The number of rotatable bonds is 5. The number of fused-ring (bicyclic) bond motifs is 6. The molecule has 6 rings (SSSR count). The molecule has 0 spiro atoms. The van der Waals surface area contributed by atoms with Gasteiger partial charge in [0, 0.05) is 17.2 Å². The fourth-order valence-electron chi connectivity index (χ4n) is 6.57. The van der Waals surface area contributed by atoms with Gasteiger partial charge in [0.2, 0.25) is 11.8 Å². The van der Waals surface area contributed by atoms with Gasteiger partial charge >= 0.3 is 0 Å². The maximum absolute atomic E-state index is 14.0. The summed E-state index contributed by atoms with van der Waals surface area (Å²) in [6.45, 7) is 6.49. The molecule has 0 unspecified atom stereocenters. The van der Waals surface area contributed by atoms with Gasteiger partial charge in [-0.2, -0.15) is 5.26 Å². The van der Waals surface area contributed by atoms with Gasteiger partial charge in [0.1, 0.15) is 5.75 Å². The van der Waals surface area contributed by atoms with E-state index in [1.165, 1.54) is 10.5 Å². The van der Waals surface area contributed by atoms with E-state index in [9.17, 15) is 14.9 Å². The Morgan fingerprint density at radius 2 is 1.75 bits per heavy atom. The maximum Gasteiger partial charge on any atom is 0.240 e. The third-order valence-electron chi connectivity index (χ3n) is 8.55. The number of carbonyl (C=O) groups is 2. The van der Waals surface area contributed by atoms with Gasteiger partial charge in [-0.25, -0.2) is 4.90 Å². The number of amides is 2. The van der Waals surface area contributed by atoms with Crippen molar-refractivity contribution in [2.24, 2.45) is 11.8 Å². The standard InChI is InChI=1S/C30H28N2O4/c1-18-8-10-21(16-19(18)2)35-15-14-30-13-12-29(3,36-30)25-26(30)28(34)32(27(25)33)24-11-9-20(17-31)22-6-4-5-7-23(22)24/h4-11,16,25-26H,12-15H2,1-3H3/t25-,26+,29-,30-/m0/s1. The fraction of sp³-hybridized carbons (Fsp3) is 0.367. The Hall–Kier alpha value is -3.69. The first-order valence-corrected chi connectivity index (χ1v) is 12.5. The number of hydrogen-bond acceptors (Lipinski definition) is 5. The molecule has 3 heterocycles. The molecule has 0 aromatic heterocycles. The molecule has 3 fully saturated rings. The van der Waals surface area contributed by atoms with E-state index < -0.39 is 23.0 Å². The molecular weight excluding hydrogens is 452 g/mol. The minimum atomic E-state index is -0.719. The zero-order valence-electron chi connectivity index (χ0n) is 20.7. The Bertz CT molecular complexity index is 1470. The highest BCUT2D eigenvalue weighted by molar-refractivity contribution is 6.26. The SMILES string of the molecule is Cc1ccc(OCC[C@]23CC[C@](C)(O2)[C@@H]2C(=O)N(c4ccc(C#N)c5ccccc45)C(=O)[C@@H]23)cc1C. The van der Waals surface area contributed by atoms with Crippen molar-refractivity contribution in [1.82, 2.24) is 0 Å². The smallest absolute Gasteiger partial charge is 0.240 e. The lowest BCUT2D eigenvalue weighted by atomic mass is 9.67. The topological polar surface area (TPSA) is 79.6 Å². The Morgan fingerprint density at radius 3 is 2.50 bits per heavy atom. The molecular formula is C30H28N2O4. The van der Waals surface area contributed by atoms with Crippen LogP contribution in [-0.2, 0) is 14.3 Å². The predicted octanol–water partition coefficient (Wildman–Crippen LogP) is 5.22. The number of anilines is 1. The van der Waals surface area contributed by atoms with Crippen LogP contribution in [0.5, 0.6) is 5.75 Å². The van der Waals surface area contributed by atoms with Gasteiger partial charge < -0.3 is 9.47 Å². The Kier molecular flexibility index (Phi) is 5.00. The number of nitriles is 1. The molecule has 3 saturated heterocycles. The van der Waals surface area contributed by atoms with Crippen molar-refractivity contribution in [3.05, 3.63) is 71.3 Å². The average Bonchev–Trinajstić information content (AvgIpc) is 3.45. The van der Waals surface area contributed by atoms with Crippen LogP contribution in [0.25, 0.3) is 10.8 Å². The summed E-state index contributed by atoms with van der Waals surface area (Å²) in [5.41, 5.74) is 2.04. The van der Waals surface area contributed by atoms with Crippen molar-refractivity contribution < 1.29 is 19.1 Å². The molecule has 4 atom stereocenters. The average molecular weight is 481 g/mol. The first-order valence-electron chi connectivity index (χ1n) is 12.5. The zero-order valence-corrected chi connectivity index (χ0v) is 20.7. The van der Waals surface area contributed by atoms with Crippen molar-refractivity contribution in [1.29, 1.82) is 5.26 Å². The van der Waals surface area contributed by atoms with Crippen LogP contribution in [0.3, 0.4) is 0 Å². The summed E-state index contributed by atoms with van der Waals surface area (Å²) >= 11 is 0. The van der Waals surface area contributed by atoms with E-state index in [1.54, 1.807) is 12.1 Å². The number of aryl methyl sites for hydroxylation is 2. The molecule has 0 N–H and O–H groups in total. The first-order chi connectivity index (χ1) is 17.3. The van der Waals surface area contributed by atoms with Crippen LogP contribution in [-0.4, -0.2) is 29.6 Å². The van der Waals surface area contributed by atoms with Gasteiger partial charge in [-0.3, -0.25) is 9.59 Å². The van der Waals surface area contributed by atoms with Crippen LogP contribution < -0.4 is 9.64 Å². The normalized spacial score (nSPS) is 28.6. The van der Waals surface area contributed by atoms with Crippen molar-refractivity contribution in [3.8, 4) is 11.8 Å². The molecule has 0 radical (unpaired) electrons. The molecule has 0 aliphatic carbocycles. The molecule has 3 aliphatic rings. The summed E-state index contributed by atoms with van der Waals surface area (Å²) in [5, 5.41) is 11.0. The highest BCUT2D eigenvalue weighted by Gasteiger charge is 2.73. The van der Waals surface area contributed by atoms with E-state index in [0.717, 1.165) is 34.9 Å². The molecule has 3 aromatic carbocycles. The summed E-state index contributed by atoms with van der Waals surface area (Å²) in [7, 11) is 0. The summed E-state index contributed by atoms with van der Waals surface area (Å²) in [6.07, 6.45) is 2.00. The van der Waals surface area contributed by atoms with E-state index in [1.807, 2.05) is 49.4 Å². The first kappa shape index (κ1) is 22.8. The highest BCUT2D eigenvalue weighted by atomic mass is 16.5. The van der Waals surface area contributed by atoms with E-state index >= 15 is 0 Å². The third-order valence-corrected chi connectivity index (χ3v) is 8.55. The van der Waals surface area contributed by atoms with Crippen LogP contribution in [0.15, 0.2) is 54.6 Å². The lowest BCUT2D eigenvalue weighted by molar-refractivity contribution is -0.131. The Morgan fingerprint density at radius 1 is 1.00 bits per heavy atom. The number of nitrogens with zero attached hydrogens (tertiary/aromatic N) is 2. The molecule has 2 amide bonds. The van der Waals surface area contributed by atoms with Crippen LogP contribution in [0.4, 0.5) is 5.69 Å². The van der Waals surface area contributed by atoms with Gasteiger partial charge in [0.05, 0.1) is 47.0 Å². The number of ether oxygens (including phenoxy) is 2. The van der Waals surface area contributed by atoms with Crippen molar-refractivity contribution >= 4 is 28.3 Å². The van der Waals surface area contributed by atoms with Gasteiger partial charge in [0.25, 0.3) is 0 Å². The number of hydrogen-bond donors (Lipinski definition) is 0. The molecule has 182 valence electrons. The van der Waals surface area contributed by atoms with Crippen LogP contribution >= 0.6 is 0 Å². The maximum atomic E-state index is 14.0. The minimum Gasteiger partial charge on any atom is -0.493 e. The number of benzene rings is 3. The molecule has 36 heavy (non-hydrogen) atoms. The summed E-state index contributed by atoms with van der Waals surface area (Å²) < 4.78 is 12.6. The van der Waals surface area contributed by atoms with Crippen LogP contribution in [0, 0.1) is 37.0 Å². The van der Waals surface area contributed by atoms with Crippen LogP contribution in [0.1, 0.15) is 42.9 Å². The fourth-order valence-corrected chi connectivity index (χ4v) is 6.57. The molecule has 6 nitrogen and oxygen atoms in total. The van der Waals surface area contributed by atoms with Gasteiger partial charge in [0.15, 0.2) is 0 Å². The van der Waals surface area contributed by atoms with Crippen molar-refractivity contribution in [2.75, 3.05) is 11.5 Å². The highest BCUT2D eigenvalue weighted by Crippen LogP contribution is 2.62. The summed E-state index contributed by atoms with van der Waals surface area (Å²) in [4.78, 5) is 29.1. The summed E-state index contributed by atoms with van der Waals surface area (Å²) in [5.74, 6) is -0.686. The number of carbonyl (C=O) groups excluding carboxylic acids is 2. The van der Waals surface area contributed by atoms with Crippen molar-refractivity contribution in [3.63, 3.8) is 0 Å². The lowest BCUT2D eigenvalue weighted by Crippen LogP contribution is -2.43. The largest absolute Gasteiger partial charge is 0.493 e. The Balaban J connectivity index is 1.32. The molecule has 3 aliphatic heterocycles. The van der Waals surface area contributed by atoms with E-state index in [0.29, 0.717) is 24.3 Å².